The van der Waals surface area contributed by atoms with Crippen molar-refractivity contribution in [1.29, 1.82) is 0 Å². The van der Waals surface area contributed by atoms with Gasteiger partial charge >= 0.3 is 0 Å². The highest BCUT2D eigenvalue weighted by Gasteiger charge is 2.13. The Kier molecular flexibility index (Phi) is 6.04. The first kappa shape index (κ1) is 21.2. The van der Waals surface area contributed by atoms with Crippen molar-refractivity contribution in [2.45, 2.75) is 25.3 Å². The second-order valence-electron chi connectivity index (χ2n) is 8.33. The zero-order valence-corrected chi connectivity index (χ0v) is 18.1. The van der Waals surface area contributed by atoms with Gasteiger partial charge in [-0.05, 0) is 68.4 Å². The molecule has 33 heavy (non-hydrogen) atoms. The van der Waals surface area contributed by atoms with Crippen molar-refractivity contribution in [2.24, 2.45) is 0 Å². The van der Waals surface area contributed by atoms with E-state index >= 15 is 0 Å². The van der Waals surface area contributed by atoms with Crippen LogP contribution in [0.2, 0.25) is 0 Å². The van der Waals surface area contributed by atoms with Crippen LogP contribution in [0.25, 0.3) is 22.0 Å². The first-order chi connectivity index (χ1) is 16.1. The van der Waals surface area contributed by atoms with E-state index in [2.05, 4.69) is 31.7 Å². The lowest BCUT2D eigenvalue weighted by Gasteiger charge is -2.24. The van der Waals surface area contributed by atoms with Crippen molar-refractivity contribution in [1.82, 2.24) is 20.3 Å². The molecule has 1 saturated heterocycles. The Morgan fingerprint density at radius 1 is 0.970 bits per heavy atom. The Hall–Kier alpha value is -3.71. The molecule has 0 saturated carbocycles. The molecule has 0 atom stereocenters. The highest BCUT2D eigenvalue weighted by Crippen LogP contribution is 2.25. The zero-order chi connectivity index (χ0) is 22.6. The van der Waals surface area contributed by atoms with Gasteiger partial charge in [0.1, 0.15) is 5.82 Å². The van der Waals surface area contributed by atoms with E-state index in [1.165, 1.54) is 24.3 Å². The van der Waals surface area contributed by atoms with E-state index in [0.29, 0.717) is 17.3 Å². The number of piperidine rings is 1. The standard InChI is InChI=1S/C26H24FN5O/c27-21-3-1-17(2-4-21)26(33)12-23-10-18-9-19(14-31-25(18)16-30-23)20-11-24(15-29-13-20)32-22-5-7-28-8-6-22/h1-4,9-11,13-16,22,28,32H,5-8,12H2. The van der Waals surface area contributed by atoms with Crippen LogP contribution in [0.4, 0.5) is 10.1 Å². The average Bonchev–Trinajstić information content (AvgIpc) is 2.85. The molecule has 166 valence electrons. The molecule has 1 aliphatic heterocycles. The SMILES string of the molecule is O=C(Cc1cc2cc(-c3cncc(NC4CCNCC4)c3)cnc2cn1)c1ccc(F)cc1. The zero-order valence-electron chi connectivity index (χ0n) is 18.1. The van der Waals surface area contributed by atoms with Gasteiger partial charge in [0.2, 0.25) is 0 Å². The Morgan fingerprint density at radius 2 is 1.76 bits per heavy atom. The predicted molar refractivity (Wildman–Crippen MR) is 127 cm³/mol. The minimum absolute atomic E-state index is 0.105. The second-order valence-corrected chi connectivity index (χ2v) is 8.33. The summed E-state index contributed by atoms with van der Waals surface area (Å²) >= 11 is 0. The van der Waals surface area contributed by atoms with Gasteiger partial charge in [-0.1, -0.05) is 0 Å². The largest absolute Gasteiger partial charge is 0.381 e. The third kappa shape index (κ3) is 5.04. The molecule has 2 N–H and O–H groups in total. The normalized spacial score (nSPS) is 14.3. The van der Waals surface area contributed by atoms with Crippen molar-refractivity contribution in [2.75, 3.05) is 18.4 Å². The number of fused-ring (bicyclic) bond motifs is 1. The van der Waals surface area contributed by atoms with E-state index in [1.807, 2.05) is 30.7 Å². The van der Waals surface area contributed by atoms with Crippen molar-refractivity contribution < 1.29 is 9.18 Å². The van der Waals surface area contributed by atoms with Gasteiger partial charge < -0.3 is 10.6 Å². The highest BCUT2D eigenvalue weighted by atomic mass is 19.1. The number of carbonyl (C=O) groups is 1. The van der Waals surface area contributed by atoms with Gasteiger partial charge in [0.25, 0.3) is 0 Å². The molecule has 0 spiro atoms. The summed E-state index contributed by atoms with van der Waals surface area (Å²) in [5.74, 6) is -0.467. The minimum atomic E-state index is -0.363. The van der Waals surface area contributed by atoms with Crippen LogP contribution in [0.1, 0.15) is 28.9 Å². The number of Topliss-reactive ketones (excluding diaryl/α,β-unsaturated/α-hetero) is 1. The van der Waals surface area contributed by atoms with Crippen LogP contribution >= 0.6 is 0 Å². The van der Waals surface area contributed by atoms with Crippen LogP contribution in [-0.2, 0) is 6.42 Å². The number of aromatic nitrogens is 3. The van der Waals surface area contributed by atoms with E-state index in [4.69, 9.17) is 0 Å². The Morgan fingerprint density at radius 3 is 2.58 bits per heavy atom. The van der Waals surface area contributed by atoms with Gasteiger partial charge in [-0.25, -0.2) is 4.39 Å². The summed E-state index contributed by atoms with van der Waals surface area (Å²) < 4.78 is 13.1. The van der Waals surface area contributed by atoms with Crippen LogP contribution in [0.15, 0.2) is 67.3 Å². The molecule has 4 aromatic rings. The first-order valence-electron chi connectivity index (χ1n) is 11.1. The average molecular weight is 442 g/mol. The predicted octanol–water partition coefficient (Wildman–Crippen LogP) is 4.42. The number of halogens is 1. The number of rotatable bonds is 6. The lowest BCUT2D eigenvalue weighted by atomic mass is 10.0. The van der Waals surface area contributed by atoms with E-state index in [0.717, 1.165) is 53.6 Å². The van der Waals surface area contributed by atoms with Crippen LogP contribution in [0.5, 0.6) is 0 Å². The first-order valence-corrected chi connectivity index (χ1v) is 11.1. The van der Waals surface area contributed by atoms with Crippen LogP contribution in [-0.4, -0.2) is 39.9 Å². The molecule has 1 aromatic carbocycles. The number of benzene rings is 1. The number of carbonyl (C=O) groups excluding carboxylic acids is 1. The number of hydrogen-bond donors (Lipinski definition) is 2. The lowest BCUT2D eigenvalue weighted by Crippen LogP contribution is -2.35. The molecule has 1 fully saturated rings. The molecule has 1 aliphatic rings. The third-order valence-corrected chi connectivity index (χ3v) is 5.91. The topological polar surface area (TPSA) is 79.8 Å². The van der Waals surface area contributed by atoms with Gasteiger partial charge in [0.15, 0.2) is 5.78 Å². The fourth-order valence-corrected chi connectivity index (χ4v) is 4.11. The molecule has 6 nitrogen and oxygen atoms in total. The summed E-state index contributed by atoms with van der Waals surface area (Å²) in [5, 5.41) is 7.87. The van der Waals surface area contributed by atoms with Crippen LogP contribution in [0.3, 0.4) is 0 Å². The summed E-state index contributed by atoms with van der Waals surface area (Å²) in [7, 11) is 0. The van der Waals surface area contributed by atoms with E-state index in [-0.39, 0.29) is 18.0 Å². The molecule has 0 unspecified atom stereocenters. The molecular weight excluding hydrogens is 417 g/mol. The monoisotopic (exact) mass is 441 g/mol. The number of anilines is 1. The van der Waals surface area contributed by atoms with Crippen molar-refractivity contribution in [3.05, 3.63) is 84.3 Å². The second kappa shape index (κ2) is 9.42. The minimum Gasteiger partial charge on any atom is -0.381 e. The number of ketones is 1. The molecule has 7 heteroatoms. The summed E-state index contributed by atoms with van der Waals surface area (Å²) in [6.45, 7) is 2.05. The smallest absolute Gasteiger partial charge is 0.168 e. The quantitative estimate of drug-likeness (QED) is 0.431. The molecule has 0 aliphatic carbocycles. The molecule has 0 amide bonds. The van der Waals surface area contributed by atoms with Gasteiger partial charge in [-0.3, -0.25) is 19.7 Å². The van der Waals surface area contributed by atoms with Crippen LogP contribution < -0.4 is 10.6 Å². The molecule has 4 heterocycles. The van der Waals surface area contributed by atoms with Gasteiger partial charge in [0.05, 0.1) is 23.8 Å². The maximum absolute atomic E-state index is 13.1. The Bertz CT molecular complexity index is 1290. The lowest BCUT2D eigenvalue weighted by molar-refractivity contribution is 0.0992. The molecule has 3 aromatic heterocycles. The number of nitrogens with zero attached hydrogens (tertiary/aromatic N) is 3. The summed E-state index contributed by atoms with van der Waals surface area (Å²) in [4.78, 5) is 25.9. The van der Waals surface area contributed by atoms with Gasteiger partial charge in [0, 0.05) is 52.4 Å². The molecular formula is C26H24FN5O. The summed E-state index contributed by atoms with van der Waals surface area (Å²) in [6, 6.07) is 12.0. The Balaban J connectivity index is 1.37. The van der Waals surface area contributed by atoms with E-state index < -0.39 is 0 Å². The fourth-order valence-electron chi connectivity index (χ4n) is 4.11. The Labute approximate surface area is 191 Å². The maximum Gasteiger partial charge on any atom is 0.168 e. The molecule has 0 radical (unpaired) electrons. The molecule has 0 bridgehead atoms. The van der Waals surface area contributed by atoms with E-state index in [1.54, 1.807) is 6.20 Å². The van der Waals surface area contributed by atoms with E-state index in [9.17, 15) is 9.18 Å². The number of hydrogen-bond acceptors (Lipinski definition) is 6. The van der Waals surface area contributed by atoms with Crippen LogP contribution in [0, 0.1) is 5.82 Å². The van der Waals surface area contributed by atoms with Gasteiger partial charge in [-0.2, -0.15) is 0 Å². The van der Waals surface area contributed by atoms with Gasteiger partial charge in [-0.15, -0.1) is 0 Å². The fraction of sp³-hybridized carbons (Fsp3) is 0.231. The van der Waals surface area contributed by atoms with Crippen molar-refractivity contribution >= 4 is 22.4 Å². The maximum atomic E-state index is 13.1. The van der Waals surface area contributed by atoms with Crippen molar-refractivity contribution in [3.63, 3.8) is 0 Å². The third-order valence-electron chi connectivity index (χ3n) is 5.91. The number of nitrogens with one attached hydrogen (secondary N) is 2. The highest BCUT2D eigenvalue weighted by molar-refractivity contribution is 5.97. The summed E-state index contributed by atoms with van der Waals surface area (Å²) in [6.07, 6.45) is 9.50. The van der Waals surface area contributed by atoms with Crippen molar-refractivity contribution in [3.8, 4) is 11.1 Å². The summed E-state index contributed by atoms with van der Waals surface area (Å²) in [5.41, 5.74) is 4.80. The molecule has 5 rings (SSSR count). The number of pyridine rings is 3.